The third-order valence-corrected chi connectivity index (χ3v) is 4.10. The molecule has 0 amide bonds. The van der Waals surface area contributed by atoms with Gasteiger partial charge in [-0.3, -0.25) is 0 Å². The molecule has 2 rings (SSSR count). The maximum absolute atomic E-state index is 9.53. The van der Waals surface area contributed by atoms with E-state index in [0.717, 1.165) is 42.9 Å². The van der Waals surface area contributed by atoms with E-state index in [9.17, 15) is 5.11 Å². The first-order chi connectivity index (χ1) is 12.3. The molecule has 0 unspecified atom stereocenters. The number of hydrogen-bond donors (Lipinski definition) is 1. The van der Waals surface area contributed by atoms with E-state index in [-0.39, 0.29) is 12.7 Å². The Labute approximate surface area is 153 Å². The molecule has 1 saturated heterocycles. The van der Waals surface area contributed by atoms with Crippen molar-refractivity contribution in [2.45, 2.75) is 25.9 Å². The number of allylic oxidation sites excluding steroid dienone is 2. The topological polar surface area (TPSA) is 60.4 Å². The van der Waals surface area contributed by atoms with Gasteiger partial charge in [0.15, 0.2) is 5.75 Å². The molecule has 6 nitrogen and oxygen atoms in total. The van der Waals surface area contributed by atoms with E-state index in [4.69, 9.17) is 19.0 Å². The van der Waals surface area contributed by atoms with Crippen LogP contribution in [0.3, 0.4) is 0 Å². The van der Waals surface area contributed by atoms with Crippen LogP contribution in [0.4, 0.5) is 0 Å². The van der Waals surface area contributed by atoms with Gasteiger partial charge in [0.05, 0.1) is 24.8 Å². The van der Waals surface area contributed by atoms with Crippen LogP contribution >= 0.6 is 12.0 Å². The van der Waals surface area contributed by atoms with Crippen LogP contribution in [-0.2, 0) is 14.1 Å². The van der Waals surface area contributed by atoms with Crippen molar-refractivity contribution in [2.75, 3.05) is 26.3 Å². The second kappa shape index (κ2) is 11.9. The van der Waals surface area contributed by atoms with Crippen molar-refractivity contribution in [1.29, 1.82) is 0 Å². The van der Waals surface area contributed by atoms with Gasteiger partial charge in [0.2, 0.25) is 0 Å². The third-order valence-electron chi connectivity index (χ3n) is 3.49. The molecule has 1 fully saturated rings. The largest absolute Gasteiger partial charge is 0.393 e. The quantitative estimate of drug-likeness (QED) is 0.223. The zero-order chi connectivity index (χ0) is 17.7. The molecule has 7 heteroatoms. The lowest BCUT2D eigenvalue weighted by Gasteiger charge is -2.28. The van der Waals surface area contributed by atoms with Crippen molar-refractivity contribution in [3.05, 3.63) is 53.6 Å². The van der Waals surface area contributed by atoms with Gasteiger partial charge < -0.3 is 14.9 Å². The summed E-state index contributed by atoms with van der Waals surface area (Å²) >= 11 is 1.08. The van der Waals surface area contributed by atoms with Crippen molar-refractivity contribution in [3.8, 4) is 5.75 Å². The molecule has 1 N–H and O–H groups in total. The first-order valence-electron chi connectivity index (χ1n) is 8.38. The molecule has 0 aromatic heterocycles. The van der Waals surface area contributed by atoms with E-state index < -0.39 is 0 Å². The lowest BCUT2D eigenvalue weighted by Crippen LogP contribution is -2.31. The Bertz CT molecular complexity index is 530. The van der Waals surface area contributed by atoms with Gasteiger partial charge >= 0.3 is 0 Å². The van der Waals surface area contributed by atoms with Crippen LogP contribution in [0.2, 0.25) is 0 Å². The second-order valence-corrected chi connectivity index (χ2v) is 6.29. The highest BCUT2D eigenvalue weighted by Gasteiger charge is 2.13. The van der Waals surface area contributed by atoms with Gasteiger partial charge in [-0.2, -0.15) is 0 Å². The first-order valence-corrected chi connectivity index (χ1v) is 9.12. The molecule has 0 radical (unpaired) electrons. The van der Waals surface area contributed by atoms with Crippen molar-refractivity contribution in [3.63, 3.8) is 0 Å². The molecule has 0 aliphatic carbocycles. The Morgan fingerprint density at radius 1 is 1.24 bits per heavy atom. The summed E-state index contributed by atoms with van der Waals surface area (Å²) in [5, 5.41) is 9.53. The molecule has 1 aromatic carbocycles. The monoisotopic (exact) mass is 367 g/mol. The van der Waals surface area contributed by atoms with E-state index in [1.165, 1.54) is 0 Å². The summed E-state index contributed by atoms with van der Waals surface area (Å²) < 4.78 is 5.20. The molecule has 25 heavy (non-hydrogen) atoms. The summed E-state index contributed by atoms with van der Waals surface area (Å²) in [5.41, 5.74) is 0. The fraction of sp³-hybridized carbons (Fsp3) is 0.444. The van der Waals surface area contributed by atoms with E-state index in [0.29, 0.717) is 12.4 Å². The lowest BCUT2D eigenvalue weighted by molar-refractivity contribution is -0.283. The van der Waals surface area contributed by atoms with Gasteiger partial charge in [-0.05, 0) is 50.3 Å². The second-order valence-electron chi connectivity index (χ2n) is 5.46. The van der Waals surface area contributed by atoms with Crippen molar-refractivity contribution < 1.29 is 24.1 Å². The molecular formula is C18H25NO5S. The summed E-state index contributed by atoms with van der Waals surface area (Å²) in [6.45, 7) is 4.31. The number of hydrogen-bond acceptors (Lipinski definition) is 7. The predicted molar refractivity (Wildman–Crippen MR) is 97.4 cm³/mol. The average molecular weight is 367 g/mol. The predicted octanol–water partition coefficient (Wildman–Crippen LogP) is 3.47. The van der Waals surface area contributed by atoms with Gasteiger partial charge in [0.1, 0.15) is 6.61 Å². The molecule has 138 valence electrons. The smallest absolute Gasteiger partial charge is 0.166 e. The molecule has 1 aliphatic rings. The van der Waals surface area contributed by atoms with Crippen LogP contribution in [0.25, 0.3) is 0 Å². The number of likely N-dealkylation sites (tertiary alicyclic amines) is 1. The van der Waals surface area contributed by atoms with Gasteiger partial charge in [-0.15, -0.1) is 4.33 Å². The molecular weight excluding hydrogens is 342 g/mol. The summed E-state index contributed by atoms with van der Waals surface area (Å²) in [5.74, 6) is 0.627. The SMILES string of the molecule is CCOOC/C(=C/C=C/N1CCC(O)CC1)SOOc1ccccc1. The highest BCUT2D eigenvalue weighted by molar-refractivity contribution is 7.98. The van der Waals surface area contributed by atoms with Crippen molar-refractivity contribution in [1.82, 2.24) is 4.90 Å². The minimum atomic E-state index is -0.172. The van der Waals surface area contributed by atoms with Crippen LogP contribution < -0.4 is 4.89 Å². The molecule has 0 spiro atoms. The van der Waals surface area contributed by atoms with Crippen molar-refractivity contribution in [2.24, 2.45) is 0 Å². The standard InChI is InChI=1S/C18H25NO5S/c1-2-21-22-15-18(25-24-23-17-7-4-3-5-8-17)9-6-12-19-13-10-16(20)11-14-19/h3-9,12,16,20H,2,10-11,13-15H2,1H3/b12-6+,18-9-. The van der Waals surface area contributed by atoms with Gasteiger partial charge in [-0.25, -0.2) is 9.78 Å². The molecule has 1 aromatic rings. The normalized spacial score (nSPS) is 16.6. The Kier molecular flexibility index (Phi) is 9.46. The van der Waals surface area contributed by atoms with Gasteiger partial charge in [0.25, 0.3) is 0 Å². The first kappa shape index (κ1) is 19.8. The minimum absolute atomic E-state index is 0.172. The third kappa shape index (κ3) is 8.42. The lowest BCUT2D eigenvalue weighted by atomic mass is 10.1. The maximum atomic E-state index is 9.53. The van der Waals surface area contributed by atoms with Crippen LogP contribution in [-0.4, -0.2) is 42.4 Å². The number of aliphatic hydroxyl groups is 1. The van der Waals surface area contributed by atoms with Crippen LogP contribution in [0, 0.1) is 0 Å². The minimum Gasteiger partial charge on any atom is -0.393 e. The molecule has 1 heterocycles. The van der Waals surface area contributed by atoms with E-state index in [1.807, 2.05) is 55.6 Å². The number of benzene rings is 1. The summed E-state index contributed by atoms with van der Waals surface area (Å²) in [7, 11) is 0. The van der Waals surface area contributed by atoms with E-state index in [1.54, 1.807) is 0 Å². The van der Waals surface area contributed by atoms with Crippen LogP contribution in [0.5, 0.6) is 5.75 Å². The zero-order valence-corrected chi connectivity index (χ0v) is 15.2. The number of para-hydroxylation sites is 1. The average Bonchev–Trinajstić information content (AvgIpc) is 2.64. The maximum Gasteiger partial charge on any atom is 0.166 e. The summed E-state index contributed by atoms with van der Waals surface area (Å²) in [6.07, 6.45) is 7.26. The number of aliphatic hydroxyl groups excluding tert-OH is 1. The van der Waals surface area contributed by atoms with Crippen LogP contribution in [0.1, 0.15) is 19.8 Å². The Hall–Kier alpha value is -1.51. The molecule has 0 bridgehead atoms. The van der Waals surface area contributed by atoms with Gasteiger partial charge in [-0.1, -0.05) is 18.2 Å². The van der Waals surface area contributed by atoms with Crippen molar-refractivity contribution >= 4 is 12.0 Å². The number of nitrogens with zero attached hydrogens (tertiary/aromatic N) is 1. The molecule has 0 atom stereocenters. The highest BCUT2D eigenvalue weighted by Crippen LogP contribution is 2.20. The molecule has 1 aliphatic heterocycles. The van der Waals surface area contributed by atoms with E-state index >= 15 is 0 Å². The summed E-state index contributed by atoms with van der Waals surface area (Å²) in [6, 6.07) is 9.27. The fourth-order valence-electron chi connectivity index (χ4n) is 2.17. The van der Waals surface area contributed by atoms with Crippen LogP contribution in [0.15, 0.2) is 53.6 Å². The Morgan fingerprint density at radius 3 is 2.72 bits per heavy atom. The summed E-state index contributed by atoms with van der Waals surface area (Å²) in [4.78, 5) is 18.2. The molecule has 0 saturated carbocycles. The Morgan fingerprint density at radius 2 is 2.00 bits per heavy atom. The number of rotatable bonds is 10. The van der Waals surface area contributed by atoms with Gasteiger partial charge in [0, 0.05) is 18.0 Å². The Balaban J connectivity index is 1.80. The van der Waals surface area contributed by atoms with E-state index in [2.05, 4.69) is 4.90 Å². The number of piperidine rings is 1. The highest BCUT2D eigenvalue weighted by atomic mass is 32.2. The fourth-order valence-corrected chi connectivity index (χ4v) is 2.60. The zero-order valence-electron chi connectivity index (χ0n) is 14.4.